The van der Waals surface area contributed by atoms with Crippen LogP contribution < -0.4 is 10.5 Å². The van der Waals surface area contributed by atoms with E-state index in [1.807, 2.05) is 0 Å². The average Bonchev–Trinajstić information content (AvgIpc) is 2.38. The SMILES string of the molecule is N#Cc1nc(Oc2cccc(N)c2)ccc1[N+](=O)[O-]. The Labute approximate surface area is 108 Å². The summed E-state index contributed by atoms with van der Waals surface area (Å²) in [5, 5.41) is 19.5. The zero-order valence-corrected chi connectivity index (χ0v) is 9.61. The zero-order chi connectivity index (χ0) is 13.8. The second-order valence-corrected chi connectivity index (χ2v) is 3.56. The molecule has 2 aromatic rings. The van der Waals surface area contributed by atoms with E-state index in [2.05, 4.69) is 4.98 Å². The highest BCUT2D eigenvalue weighted by atomic mass is 16.6. The van der Waals surface area contributed by atoms with Crippen molar-refractivity contribution in [3.8, 4) is 17.7 Å². The van der Waals surface area contributed by atoms with Gasteiger partial charge in [0.2, 0.25) is 11.6 Å². The van der Waals surface area contributed by atoms with Crippen LogP contribution in [0.3, 0.4) is 0 Å². The molecule has 0 aliphatic carbocycles. The topological polar surface area (TPSA) is 115 Å². The van der Waals surface area contributed by atoms with E-state index in [0.717, 1.165) is 0 Å². The number of anilines is 1. The van der Waals surface area contributed by atoms with Gasteiger partial charge in [-0.2, -0.15) is 10.2 Å². The third-order valence-corrected chi connectivity index (χ3v) is 2.23. The minimum absolute atomic E-state index is 0.0905. The van der Waals surface area contributed by atoms with Crippen LogP contribution in [-0.4, -0.2) is 9.91 Å². The van der Waals surface area contributed by atoms with Gasteiger partial charge < -0.3 is 10.5 Å². The lowest BCUT2D eigenvalue weighted by atomic mass is 10.3. The Kier molecular flexibility index (Phi) is 3.25. The normalized spacial score (nSPS) is 9.63. The first-order valence-corrected chi connectivity index (χ1v) is 5.19. The molecule has 0 atom stereocenters. The van der Waals surface area contributed by atoms with Gasteiger partial charge in [-0.3, -0.25) is 10.1 Å². The summed E-state index contributed by atoms with van der Waals surface area (Å²) in [6.45, 7) is 0. The van der Waals surface area contributed by atoms with E-state index in [1.54, 1.807) is 30.3 Å². The van der Waals surface area contributed by atoms with Crippen molar-refractivity contribution in [2.24, 2.45) is 0 Å². The lowest BCUT2D eigenvalue weighted by Crippen LogP contribution is -1.97. The molecule has 0 radical (unpaired) electrons. The molecule has 94 valence electrons. The molecule has 0 aliphatic heterocycles. The Morgan fingerprint density at radius 2 is 2.16 bits per heavy atom. The van der Waals surface area contributed by atoms with Crippen molar-refractivity contribution in [1.82, 2.24) is 4.98 Å². The second-order valence-electron chi connectivity index (χ2n) is 3.56. The van der Waals surface area contributed by atoms with Crippen LogP contribution in [0.2, 0.25) is 0 Å². The molecule has 1 aromatic heterocycles. The van der Waals surface area contributed by atoms with Crippen LogP contribution in [-0.2, 0) is 0 Å². The number of nitro groups is 1. The molecule has 0 amide bonds. The zero-order valence-electron chi connectivity index (χ0n) is 9.61. The van der Waals surface area contributed by atoms with E-state index >= 15 is 0 Å². The van der Waals surface area contributed by atoms with Crippen molar-refractivity contribution in [1.29, 1.82) is 5.26 Å². The Hall–Kier alpha value is -3.14. The second kappa shape index (κ2) is 5.01. The summed E-state index contributed by atoms with van der Waals surface area (Å²) in [6.07, 6.45) is 0. The maximum absolute atomic E-state index is 10.7. The van der Waals surface area contributed by atoms with Gasteiger partial charge in [0.15, 0.2) is 0 Å². The van der Waals surface area contributed by atoms with E-state index < -0.39 is 4.92 Å². The highest BCUT2D eigenvalue weighted by molar-refractivity contribution is 5.47. The molecule has 7 nitrogen and oxygen atoms in total. The van der Waals surface area contributed by atoms with Gasteiger partial charge in [-0.1, -0.05) is 6.07 Å². The molecule has 2 rings (SSSR count). The lowest BCUT2D eigenvalue weighted by Gasteiger charge is -2.05. The predicted octanol–water partition coefficient (Wildman–Crippen LogP) is 2.24. The molecule has 0 aliphatic rings. The summed E-state index contributed by atoms with van der Waals surface area (Å²) in [7, 11) is 0. The Balaban J connectivity index is 2.32. The monoisotopic (exact) mass is 256 g/mol. The highest BCUT2D eigenvalue weighted by Gasteiger charge is 2.16. The number of pyridine rings is 1. The molecule has 0 fully saturated rings. The molecule has 1 heterocycles. The Morgan fingerprint density at radius 3 is 2.79 bits per heavy atom. The summed E-state index contributed by atoms with van der Waals surface area (Å²) >= 11 is 0. The minimum atomic E-state index is -0.671. The number of ether oxygens (including phenoxy) is 1. The summed E-state index contributed by atoms with van der Waals surface area (Å²) in [5.74, 6) is 0.526. The maximum atomic E-state index is 10.7. The molecule has 2 N–H and O–H groups in total. The first-order chi connectivity index (χ1) is 9.10. The van der Waals surface area contributed by atoms with Gasteiger partial charge in [0.1, 0.15) is 11.8 Å². The van der Waals surface area contributed by atoms with Crippen LogP contribution in [0.25, 0.3) is 0 Å². The third kappa shape index (κ3) is 2.76. The molecule has 7 heteroatoms. The van der Waals surface area contributed by atoms with E-state index in [-0.39, 0.29) is 17.3 Å². The van der Waals surface area contributed by atoms with Gasteiger partial charge in [0.05, 0.1) is 4.92 Å². The van der Waals surface area contributed by atoms with Crippen LogP contribution in [0, 0.1) is 21.4 Å². The van der Waals surface area contributed by atoms with Crippen molar-refractivity contribution in [2.45, 2.75) is 0 Å². The van der Waals surface area contributed by atoms with Gasteiger partial charge in [-0.25, -0.2) is 0 Å². The van der Waals surface area contributed by atoms with Gasteiger partial charge in [-0.05, 0) is 12.1 Å². The molecule has 1 aromatic carbocycles. The molecule has 0 spiro atoms. The smallest absolute Gasteiger partial charge is 0.305 e. The van der Waals surface area contributed by atoms with Crippen molar-refractivity contribution in [2.75, 3.05) is 5.73 Å². The molecule has 0 bridgehead atoms. The van der Waals surface area contributed by atoms with Crippen molar-refractivity contribution >= 4 is 11.4 Å². The summed E-state index contributed by atoms with van der Waals surface area (Å²) in [5.41, 5.74) is 5.45. The molecular formula is C12H8N4O3. The highest BCUT2D eigenvalue weighted by Crippen LogP contribution is 2.24. The first-order valence-electron chi connectivity index (χ1n) is 5.19. The van der Waals surface area contributed by atoms with Crippen LogP contribution in [0.5, 0.6) is 11.6 Å². The predicted molar refractivity (Wildman–Crippen MR) is 66.5 cm³/mol. The average molecular weight is 256 g/mol. The summed E-state index contributed by atoms with van der Waals surface area (Å²) in [4.78, 5) is 13.8. The van der Waals surface area contributed by atoms with Crippen LogP contribution in [0.4, 0.5) is 11.4 Å². The standard InChI is InChI=1S/C12H8N4O3/c13-7-10-11(16(17)18)4-5-12(15-10)19-9-3-1-2-8(14)6-9/h1-6H,14H2. The van der Waals surface area contributed by atoms with Crippen LogP contribution in [0.1, 0.15) is 5.69 Å². The third-order valence-electron chi connectivity index (χ3n) is 2.23. The van der Waals surface area contributed by atoms with Gasteiger partial charge in [-0.15, -0.1) is 0 Å². The van der Waals surface area contributed by atoms with Gasteiger partial charge >= 0.3 is 5.69 Å². The van der Waals surface area contributed by atoms with E-state index in [1.165, 1.54) is 12.1 Å². The first kappa shape index (κ1) is 12.3. The maximum Gasteiger partial charge on any atom is 0.305 e. The number of nitriles is 1. The van der Waals surface area contributed by atoms with Crippen LogP contribution in [0.15, 0.2) is 36.4 Å². The summed E-state index contributed by atoms with van der Waals surface area (Å²) < 4.78 is 5.37. The molecule has 0 saturated heterocycles. The number of nitrogens with zero attached hydrogens (tertiary/aromatic N) is 3. The number of nitrogen functional groups attached to an aromatic ring is 1. The Morgan fingerprint density at radius 1 is 1.37 bits per heavy atom. The molecule has 19 heavy (non-hydrogen) atoms. The molecule has 0 saturated carbocycles. The lowest BCUT2D eigenvalue weighted by molar-refractivity contribution is -0.385. The number of nitrogens with two attached hydrogens (primary N) is 1. The van der Waals surface area contributed by atoms with Crippen LogP contribution >= 0.6 is 0 Å². The fourth-order valence-electron chi connectivity index (χ4n) is 1.42. The van der Waals surface area contributed by atoms with E-state index in [9.17, 15) is 10.1 Å². The molecule has 0 unspecified atom stereocenters. The van der Waals surface area contributed by atoms with E-state index in [4.69, 9.17) is 15.7 Å². The van der Waals surface area contributed by atoms with E-state index in [0.29, 0.717) is 11.4 Å². The van der Waals surface area contributed by atoms with Crippen molar-refractivity contribution < 1.29 is 9.66 Å². The largest absolute Gasteiger partial charge is 0.439 e. The van der Waals surface area contributed by atoms with Crippen molar-refractivity contribution in [3.63, 3.8) is 0 Å². The number of benzene rings is 1. The quantitative estimate of drug-likeness (QED) is 0.511. The number of aromatic nitrogens is 1. The number of hydrogen-bond donors (Lipinski definition) is 1. The minimum Gasteiger partial charge on any atom is -0.439 e. The fraction of sp³-hybridized carbons (Fsp3) is 0. The fourth-order valence-corrected chi connectivity index (χ4v) is 1.42. The van der Waals surface area contributed by atoms with Gasteiger partial charge in [0.25, 0.3) is 0 Å². The Bertz CT molecular complexity index is 679. The molecular weight excluding hydrogens is 248 g/mol. The van der Waals surface area contributed by atoms with Crippen molar-refractivity contribution in [3.05, 3.63) is 52.2 Å². The number of hydrogen-bond acceptors (Lipinski definition) is 6. The summed E-state index contributed by atoms with van der Waals surface area (Å²) in [6, 6.07) is 10.8. The van der Waals surface area contributed by atoms with Gasteiger partial charge in [0, 0.05) is 23.9 Å². The number of rotatable bonds is 3.